The van der Waals surface area contributed by atoms with E-state index in [-0.39, 0.29) is 23.2 Å². The van der Waals surface area contributed by atoms with E-state index >= 15 is 8.78 Å². The highest BCUT2D eigenvalue weighted by molar-refractivity contribution is 5.96. The van der Waals surface area contributed by atoms with Gasteiger partial charge in [0.25, 0.3) is 0 Å². The summed E-state index contributed by atoms with van der Waals surface area (Å²) in [5.41, 5.74) is 9.72. The number of fused-ring (bicyclic) bond motifs is 1. The zero-order valence-electron chi connectivity index (χ0n) is 16.7. The van der Waals surface area contributed by atoms with Crippen LogP contribution in [-0.4, -0.2) is 34.5 Å². The van der Waals surface area contributed by atoms with Gasteiger partial charge in [-0.3, -0.25) is 4.79 Å². The number of carboxylic acid groups (broad SMARTS) is 1. The Morgan fingerprint density at radius 1 is 1.27 bits per heavy atom. The zero-order valence-corrected chi connectivity index (χ0v) is 16.7. The Morgan fingerprint density at radius 2 is 1.93 bits per heavy atom. The first-order valence-electron chi connectivity index (χ1n) is 9.80. The molecule has 2 aromatic rings. The van der Waals surface area contributed by atoms with Crippen molar-refractivity contribution in [2.45, 2.75) is 44.7 Å². The maximum Gasteiger partial charge on any atom is 0.511 e. The molecule has 0 radical (unpaired) electrons. The maximum absolute atomic E-state index is 15.7. The summed E-state index contributed by atoms with van der Waals surface area (Å²) in [5.74, 6) is -2.43. The number of anilines is 2. The Morgan fingerprint density at radius 3 is 2.47 bits per heavy atom. The first-order valence-corrected chi connectivity index (χ1v) is 9.80. The van der Waals surface area contributed by atoms with Gasteiger partial charge in [-0.1, -0.05) is 0 Å². The van der Waals surface area contributed by atoms with Crippen LogP contribution in [0, 0.1) is 17.6 Å². The number of rotatable bonds is 4. The summed E-state index contributed by atoms with van der Waals surface area (Å²) >= 11 is 0. The molecule has 1 atom stereocenters. The zero-order chi connectivity index (χ0) is 22.0. The molecule has 1 aliphatic heterocycles. The van der Waals surface area contributed by atoms with Crippen LogP contribution in [0.3, 0.4) is 0 Å². The molecular formula is C20H24F2N4O4. The molecule has 1 saturated heterocycles. The number of benzene rings is 1. The molecule has 0 unspecified atom stereocenters. The highest BCUT2D eigenvalue weighted by Crippen LogP contribution is 2.43. The predicted molar refractivity (Wildman–Crippen MR) is 108 cm³/mol. The van der Waals surface area contributed by atoms with Crippen LogP contribution < -0.4 is 26.5 Å². The molecule has 0 bridgehead atoms. The molecule has 5 N–H and O–H groups in total. The molecule has 4 rings (SSSR count). The van der Waals surface area contributed by atoms with Crippen LogP contribution in [0.4, 0.5) is 25.0 Å². The number of carbonyl (C=O) groups is 1. The average molecular weight is 422 g/mol. The molecule has 0 spiro atoms. The van der Waals surface area contributed by atoms with Gasteiger partial charge >= 0.3 is 6.16 Å². The van der Waals surface area contributed by atoms with Crippen molar-refractivity contribution in [1.82, 2.24) is 4.57 Å². The minimum absolute atomic E-state index is 0.0326. The van der Waals surface area contributed by atoms with Crippen molar-refractivity contribution in [2.75, 3.05) is 23.7 Å². The van der Waals surface area contributed by atoms with Crippen molar-refractivity contribution in [3.63, 3.8) is 0 Å². The van der Waals surface area contributed by atoms with Gasteiger partial charge in [-0.15, -0.1) is 0 Å². The summed E-state index contributed by atoms with van der Waals surface area (Å²) in [7, 11) is 0. The topological polar surface area (TPSA) is 124 Å². The average Bonchev–Trinajstić information content (AvgIpc) is 3.37. The summed E-state index contributed by atoms with van der Waals surface area (Å²) in [5, 5.41) is 8.49. The predicted octanol–water partition coefficient (Wildman–Crippen LogP) is 2.82. The Bertz CT molecular complexity index is 1110. The van der Waals surface area contributed by atoms with E-state index in [2.05, 4.69) is 4.74 Å². The van der Waals surface area contributed by atoms with Gasteiger partial charge in [0.05, 0.1) is 22.8 Å². The third kappa shape index (κ3) is 3.24. The smallest absolute Gasteiger partial charge is 0.449 e. The molecular weight excluding hydrogens is 398 g/mol. The number of ether oxygens (including phenoxy) is 1. The van der Waals surface area contributed by atoms with Gasteiger partial charge in [0.2, 0.25) is 5.43 Å². The number of hydrogen-bond donors (Lipinski definition) is 3. The molecule has 1 saturated carbocycles. The molecule has 2 fully saturated rings. The number of aromatic nitrogens is 1. The van der Waals surface area contributed by atoms with Gasteiger partial charge < -0.3 is 30.8 Å². The quantitative estimate of drug-likeness (QED) is 0.511. The van der Waals surface area contributed by atoms with Gasteiger partial charge in [-0.2, -0.15) is 0 Å². The second kappa shape index (κ2) is 6.83. The Kier molecular flexibility index (Phi) is 4.64. The largest absolute Gasteiger partial charge is 0.511 e. The standard InChI is InChI=1S/C20H24F2N4O4/c1-20(2,24)9-5-6-25(7-9)17-13(21)15(23)12-16(14(17)22)26(10-3-4-10)8-11(18(12)27)30-19(28)29/h8-10H,3-7,23-24H2,1-2H3,(H,28,29)/t9-/m1/s1. The van der Waals surface area contributed by atoms with Crippen molar-refractivity contribution in [2.24, 2.45) is 11.7 Å². The number of nitrogens with two attached hydrogens (primary N) is 2. The molecule has 1 aromatic carbocycles. The van der Waals surface area contributed by atoms with Crippen LogP contribution in [0.2, 0.25) is 0 Å². The van der Waals surface area contributed by atoms with E-state index in [0.29, 0.717) is 32.4 Å². The number of nitrogens with zero attached hydrogens (tertiary/aromatic N) is 2. The Labute approximate surface area is 171 Å². The van der Waals surface area contributed by atoms with E-state index in [1.165, 1.54) is 4.57 Å². The third-order valence-corrected chi connectivity index (χ3v) is 6.03. The highest BCUT2D eigenvalue weighted by Gasteiger charge is 2.37. The summed E-state index contributed by atoms with van der Waals surface area (Å²) < 4.78 is 37.0. The Balaban J connectivity index is 1.94. The fourth-order valence-electron chi connectivity index (χ4n) is 4.18. The van der Waals surface area contributed by atoms with Gasteiger partial charge in [0.1, 0.15) is 5.69 Å². The minimum Gasteiger partial charge on any atom is -0.449 e. The summed E-state index contributed by atoms with van der Waals surface area (Å²) in [6.45, 7) is 4.50. The highest BCUT2D eigenvalue weighted by atomic mass is 19.1. The van der Waals surface area contributed by atoms with Gasteiger partial charge in [-0.05, 0) is 39.0 Å². The number of hydrogen-bond acceptors (Lipinski definition) is 6. The number of halogens is 2. The summed E-state index contributed by atoms with van der Waals surface area (Å²) in [4.78, 5) is 25.3. The first-order chi connectivity index (χ1) is 14.0. The third-order valence-electron chi connectivity index (χ3n) is 6.03. The van der Waals surface area contributed by atoms with Crippen LogP contribution in [0.25, 0.3) is 10.9 Å². The van der Waals surface area contributed by atoms with Crippen LogP contribution >= 0.6 is 0 Å². The van der Waals surface area contributed by atoms with Gasteiger partial charge in [0.15, 0.2) is 17.4 Å². The van der Waals surface area contributed by atoms with E-state index < -0.39 is 45.6 Å². The minimum atomic E-state index is -1.70. The van der Waals surface area contributed by atoms with E-state index in [1.54, 1.807) is 4.90 Å². The number of pyridine rings is 1. The second-order valence-electron chi connectivity index (χ2n) is 8.70. The molecule has 30 heavy (non-hydrogen) atoms. The molecule has 8 nitrogen and oxygen atoms in total. The normalized spacial score (nSPS) is 19.5. The van der Waals surface area contributed by atoms with Gasteiger partial charge in [0, 0.05) is 24.7 Å². The molecule has 2 heterocycles. The molecule has 2 aliphatic rings. The lowest BCUT2D eigenvalue weighted by Gasteiger charge is -2.28. The molecule has 10 heteroatoms. The molecule has 162 valence electrons. The maximum atomic E-state index is 15.7. The monoisotopic (exact) mass is 422 g/mol. The lowest BCUT2D eigenvalue weighted by atomic mass is 9.88. The first kappa shape index (κ1) is 20.4. The Hall–Kier alpha value is -2.88. The summed E-state index contributed by atoms with van der Waals surface area (Å²) in [6.07, 6.45) is 1.56. The van der Waals surface area contributed by atoms with Crippen molar-refractivity contribution < 1.29 is 23.4 Å². The van der Waals surface area contributed by atoms with Crippen LogP contribution in [-0.2, 0) is 0 Å². The van der Waals surface area contributed by atoms with E-state index in [4.69, 9.17) is 16.6 Å². The molecule has 1 aromatic heterocycles. The van der Waals surface area contributed by atoms with Crippen molar-refractivity contribution in [3.05, 3.63) is 28.1 Å². The van der Waals surface area contributed by atoms with Crippen molar-refractivity contribution >= 4 is 28.4 Å². The fraction of sp³-hybridized carbons (Fsp3) is 0.500. The van der Waals surface area contributed by atoms with Gasteiger partial charge in [-0.25, -0.2) is 13.6 Å². The van der Waals surface area contributed by atoms with Crippen LogP contribution in [0.5, 0.6) is 5.75 Å². The fourth-order valence-corrected chi connectivity index (χ4v) is 4.18. The van der Waals surface area contributed by atoms with Crippen LogP contribution in [0.15, 0.2) is 11.0 Å². The van der Waals surface area contributed by atoms with Crippen molar-refractivity contribution in [1.29, 1.82) is 0 Å². The SMILES string of the molecule is CC(C)(N)[C@@H]1CCN(c2c(F)c(N)c3c(=O)c(OC(=O)O)cn(C4CC4)c3c2F)C1. The van der Waals surface area contributed by atoms with E-state index in [0.717, 1.165) is 6.20 Å². The molecule has 1 aliphatic carbocycles. The number of nitrogen functional groups attached to an aromatic ring is 1. The second-order valence-corrected chi connectivity index (χ2v) is 8.70. The lowest BCUT2D eigenvalue weighted by Crippen LogP contribution is -2.42. The molecule has 0 amide bonds. The van der Waals surface area contributed by atoms with Crippen LogP contribution in [0.1, 0.15) is 39.2 Å². The lowest BCUT2D eigenvalue weighted by molar-refractivity contribution is 0.143. The van der Waals surface area contributed by atoms with E-state index in [1.807, 2.05) is 13.8 Å². The summed E-state index contributed by atoms with van der Waals surface area (Å²) in [6, 6.07) is -0.147. The van der Waals surface area contributed by atoms with E-state index in [9.17, 15) is 9.59 Å². The van der Waals surface area contributed by atoms with Crippen molar-refractivity contribution in [3.8, 4) is 5.75 Å².